The first kappa shape index (κ1) is 17.6. The van der Waals surface area contributed by atoms with Crippen LogP contribution in [-0.4, -0.2) is 35.5 Å². The van der Waals surface area contributed by atoms with Gasteiger partial charge in [0, 0.05) is 26.2 Å². The maximum atomic E-state index is 11.7. The number of benzene rings is 2. The second-order valence-electron chi connectivity index (χ2n) is 6.73. The summed E-state index contributed by atoms with van der Waals surface area (Å²) in [5, 5.41) is 1.65. The van der Waals surface area contributed by atoms with Gasteiger partial charge in [0.1, 0.15) is 5.52 Å². The highest BCUT2D eigenvalue weighted by Gasteiger charge is 2.31. The van der Waals surface area contributed by atoms with Crippen molar-refractivity contribution < 1.29 is 14.0 Å². The molecule has 0 bridgehead atoms. The second kappa shape index (κ2) is 7.08. The number of anilines is 1. The smallest absolute Gasteiger partial charge is 0.286 e. The molecular weight excluding hydrogens is 362 g/mol. The number of carbonyl (C=O) groups excluding carboxylic acids is 2. The Balaban J connectivity index is 1.50. The summed E-state index contributed by atoms with van der Waals surface area (Å²) < 4.78 is 5.85. The Bertz CT molecular complexity index is 1010. The molecule has 0 aliphatic carbocycles. The van der Waals surface area contributed by atoms with Crippen molar-refractivity contribution in [1.82, 2.24) is 10.3 Å². The number of hydrogen-bond donors (Lipinski definition) is 1. The van der Waals surface area contributed by atoms with Crippen molar-refractivity contribution in [1.29, 1.82) is 0 Å². The number of oxazole rings is 1. The number of thioether (sulfide) groups is 1. The van der Waals surface area contributed by atoms with Crippen LogP contribution < -0.4 is 10.2 Å². The quantitative estimate of drug-likeness (QED) is 0.730. The Morgan fingerprint density at radius 2 is 1.85 bits per heavy atom. The monoisotopic (exact) mass is 381 g/mol. The van der Waals surface area contributed by atoms with Crippen molar-refractivity contribution >= 4 is 39.7 Å². The number of carbonyl (C=O) groups is 2. The van der Waals surface area contributed by atoms with E-state index in [-0.39, 0.29) is 16.4 Å². The Kier molecular flexibility index (Phi) is 4.61. The van der Waals surface area contributed by atoms with Crippen LogP contribution in [0.2, 0.25) is 0 Å². The maximum Gasteiger partial charge on any atom is 0.286 e. The first-order valence-corrected chi connectivity index (χ1v) is 9.52. The lowest BCUT2D eigenvalue weighted by atomic mass is 10.1. The minimum Gasteiger partial charge on any atom is -0.440 e. The summed E-state index contributed by atoms with van der Waals surface area (Å²) in [4.78, 5) is 29.7. The average molecular weight is 381 g/mol. The molecule has 0 spiro atoms. The van der Waals surface area contributed by atoms with Crippen LogP contribution in [-0.2, 0) is 17.6 Å². The fourth-order valence-electron chi connectivity index (χ4n) is 3.05. The molecule has 2 heterocycles. The van der Waals surface area contributed by atoms with E-state index in [9.17, 15) is 9.59 Å². The summed E-state index contributed by atoms with van der Waals surface area (Å²) in [6, 6.07) is 14.0. The van der Waals surface area contributed by atoms with Gasteiger partial charge in [0.2, 0.25) is 5.91 Å². The van der Waals surface area contributed by atoms with E-state index < -0.39 is 0 Å². The van der Waals surface area contributed by atoms with E-state index in [1.807, 2.05) is 32.3 Å². The minimum atomic E-state index is -0.378. The summed E-state index contributed by atoms with van der Waals surface area (Å²) in [5.74, 6) is 0.426. The normalized spacial score (nSPS) is 16.7. The zero-order valence-electron chi connectivity index (χ0n) is 15.1. The lowest BCUT2D eigenvalue weighted by Crippen LogP contribution is -2.25. The molecule has 4 rings (SSSR count). The van der Waals surface area contributed by atoms with Crippen molar-refractivity contribution in [3.63, 3.8) is 0 Å². The van der Waals surface area contributed by atoms with Crippen molar-refractivity contribution in [2.45, 2.75) is 18.1 Å². The highest BCUT2D eigenvalue weighted by atomic mass is 32.2. The summed E-state index contributed by atoms with van der Waals surface area (Å²) in [7, 11) is 4.02. The Morgan fingerprint density at radius 1 is 1.11 bits per heavy atom. The molecule has 2 aromatic carbocycles. The Labute approximate surface area is 160 Å². The topological polar surface area (TPSA) is 75.4 Å². The minimum absolute atomic E-state index is 0.230. The standard InChI is InChI=1S/C20H19N3O3S/c1-23(2)14-6-3-12(4-7-14)11-18-21-15-9-13(5-8-16(15)26-18)10-17-19(24)22-20(25)27-17/h3-9,17H,10-11H2,1-2H3,(H,22,24,25). The molecule has 1 N–H and O–H groups in total. The molecular formula is C20H19N3O3S. The number of fused-ring (bicyclic) bond motifs is 1. The van der Waals surface area contributed by atoms with Crippen molar-refractivity contribution in [2.24, 2.45) is 0 Å². The Hall–Kier alpha value is -2.80. The van der Waals surface area contributed by atoms with Gasteiger partial charge < -0.3 is 9.32 Å². The van der Waals surface area contributed by atoms with Gasteiger partial charge >= 0.3 is 0 Å². The van der Waals surface area contributed by atoms with E-state index in [0.717, 1.165) is 39.7 Å². The fraction of sp³-hybridized carbons (Fsp3) is 0.250. The summed E-state index contributed by atoms with van der Waals surface area (Å²) in [6.07, 6.45) is 1.11. The van der Waals surface area contributed by atoms with E-state index in [1.54, 1.807) is 0 Å². The Morgan fingerprint density at radius 3 is 2.52 bits per heavy atom. The van der Waals surface area contributed by atoms with E-state index in [0.29, 0.717) is 18.7 Å². The summed E-state index contributed by atoms with van der Waals surface area (Å²) >= 11 is 1.04. The summed E-state index contributed by atoms with van der Waals surface area (Å²) in [5.41, 5.74) is 4.72. The zero-order valence-corrected chi connectivity index (χ0v) is 15.9. The van der Waals surface area contributed by atoms with Gasteiger partial charge in [0.25, 0.3) is 5.24 Å². The predicted molar refractivity (Wildman–Crippen MR) is 106 cm³/mol. The van der Waals surface area contributed by atoms with Crippen LogP contribution in [0.4, 0.5) is 10.5 Å². The van der Waals surface area contributed by atoms with Crippen LogP contribution in [0.15, 0.2) is 46.9 Å². The first-order valence-electron chi connectivity index (χ1n) is 8.64. The molecule has 1 saturated heterocycles. The highest BCUT2D eigenvalue weighted by molar-refractivity contribution is 8.15. The third-order valence-electron chi connectivity index (χ3n) is 4.49. The molecule has 1 atom stereocenters. The molecule has 1 aromatic heterocycles. The molecule has 3 aromatic rings. The van der Waals surface area contributed by atoms with E-state index in [2.05, 4.69) is 39.5 Å². The van der Waals surface area contributed by atoms with Gasteiger partial charge in [-0.25, -0.2) is 4.98 Å². The second-order valence-corrected chi connectivity index (χ2v) is 7.91. The summed E-state index contributed by atoms with van der Waals surface area (Å²) in [6.45, 7) is 0. The molecule has 2 amide bonds. The van der Waals surface area contributed by atoms with Crippen LogP contribution in [0.25, 0.3) is 11.1 Å². The number of rotatable bonds is 5. The number of nitrogens with one attached hydrogen (secondary N) is 1. The van der Waals surface area contributed by atoms with Crippen molar-refractivity contribution in [2.75, 3.05) is 19.0 Å². The molecule has 0 radical (unpaired) electrons. The van der Waals surface area contributed by atoms with Gasteiger partial charge in [0.15, 0.2) is 11.5 Å². The number of amides is 2. The molecule has 1 aliphatic rings. The van der Waals surface area contributed by atoms with E-state index in [1.165, 1.54) is 0 Å². The van der Waals surface area contributed by atoms with Crippen LogP contribution >= 0.6 is 11.8 Å². The third kappa shape index (κ3) is 3.83. The lowest BCUT2D eigenvalue weighted by Gasteiger charge is -2.12. The van der Waals surface area contributed by atoms with Gasteiger partial charge in [-0.1, -0.05) is 30.0 Å². The van der Waals surface area contributed by atoms with Gasteiger partial charge in [-0.2, -0.15) is 0 Å². The highest BCUT2D eigenvalue weighted by Crippen LogP contribution is 2.25. The number of hydrogen-bond acceptors (Lipinski definition) is 6. The number of imide groups is 1. The third-order valence-corrected chi connectivity index (χ3v) is 5.47. The van der Waals surface area contributed by atoms with Crippen LogP contribution in [0.1, 0.15) is 17.0 Å². The lowest BCUT2D eigenvalue weighted by molar-refractivity contribution is -0.118. The first-order chi connectivity index (χ1) is 13.0. The van der Waals surface area contributed by atoms with Gasteiger partial charge in [-0.3, -0.25) is 14.9 Å². The SMILES string of the molecule is CN(C)c1ccc(Cc2nc3cc(CC4SC(=O)NC4=O)ccc3o2)cc1. The fourth-order valence-corrected chi connectivity index (χ4v) is 3.91. The number of aromatic nitrogens is 1. The molecule has 7 heteroatoms. The van der Waals surface area contributed by atoms with Crippen molar-refractivity contribution in [3.8, 4) is 0 Å². The molecule has 0 saturated carbocycles. The van der Waals surface area contributed by atoms with Crippen LogP contribution in [0.3, 0.4) is 0 Å². The number of nitrogens with zero attached hydrogens (tertiary/aromatic N) is 2. The van der Waals surface area contributed by atoms with Crippen LogP contribution in [0, 0.1) is 0 Å². The van der Waals surface area contributed by atoms with Crippen LogP contribution in [0.5, 0.6) is 0 Å². The maximum absolute atomic E-state index is 11.7. The molecule has 1 aliphatic heterocycles. The molecule has 6 nitrogen and oxygen atoms in total. The van der Waals surface area contributed by atoms with Gasteiger partial charge in [-0.15, -0.1) is 0 Å². The zero-order chi connectivity index (χ0) is 19.0. The molecule has 1 fully saturated rings. The molecule has 27 heavy (non-hydrogen) atoms. The molecule has 138 valence electrons. The van der Waals surface area contributed by atoms with Gasteiger partial charge in [0.05, 0.1) is 5.25 Å². The van der Waals surface area contributed by atoms with E-state index in [4.69, 9.17) is 4.42 Å². The van der Waals surface area contributed by atoms with Gasteiger partial charge in [-0.05, 0) is 41.8 Å². The predicted octanol–water partition coefficient (Wildman–Crippen LogP) is 3.38. The average Bonchev–Trinajstić information content (AvgIpc) is 3.17. The largest absolute Gasteiger partial charge is 0.440 e. The molecule has 1 unspecified atom stereocenters. The van der Waals surface area contributed by atoms with E-state index >= 15 is 0 Å². The van der Waals surface area contributed by atoms with Crippen molar-refractivity contribution in [3.05, 3.63) is 59.5 Å².